The molecule has 4 rings (SSSR count). The lowest BCUT2D eigenvalue weighted by Gasteiger charge is -2.06. The average molecular weight is 483 g/mol. The van der Waals surface area contributed by atoms with Crippen molar-refractivity contribution in [3.8, 4) is 5.75 Å². The lowest BCUT2D eigenvalue weighted by atomic mass is 10.2. The molecule has 0 unspecified atom stereocenters. The Kier molecular flexibility index (Phi) is 6.78. The molecule has 0 aliphatic carbocycles. The molecule has 0 N–H and O–H groups in total. The maximum absolute atomic E-state index is 13.0. The van der Waals surface area contributed by atoms with E-state index in [9.17, 15) is 14.4 Å². The van der Waals surface area contributed by atoms with Crippen LogP contribution in [0.5, 0.6) is 5.75 Å². The second-order valence-electron chi connectivity index (χ2n) is 7.09. The van der Waals surface area contributed by atoms with E-state index in [0.29, 0.717) is 32.5 Å². The Bertz CT molecular complexity index is 1460. The van der Waals surface area contributed by atoms with Crippen LogP contribution in [0.2, 0.25) is 0 Å². The van der Waals surface area contributed by atoms with E-state index in [1.165, 1.54) is 7.11 Å². The number of aromatic nitrogens is 1. The summed E-state index contributed by atoms with van der Waals surface area (Å²) in [6.07, 6.45) is 0. The zero-order chi connectivity index (χ0) is 24.2. The van der Waals surface area contributed by atoms with Gasteiger partial charge in [-0.1, -0.05) is 23.5 Å². The highest BCUT2D eigenvalue weighted by molar-refractivity contribution is 7.16. The summed E-state index contributed by atoms with van der Waals surface area (Å²) in [6, 6.07) is 11.9. The van der Waals surface area contributed by atoms with Crippen molar-refractivity contribution in [2.24, 2.45) is 4.99 Å². The summed E-state index contributed by atoms with van der Waals surface area (Å²) in [4.78, 5) is 41.9. The smallest absolute Gasteiger partial charge is 0.338 e. The first kappa shape index (κ1) is 23.2. The topological polar surface area (TPSA) is 109 Å². The van der Waals surface area contributed by atoms with E-state index in [0.717, 1.165) is 11.3 Å². The van der Waals surface area contributed by atoms with Crippen LogP contribution in [0.25, 0.3) is 21.2 Å². The maximum Gasteiger partial charge on any atom is 0.338 e. The number of para-hydroxylation sites is 1. The lowest BCUT2D eigenvalue weighted by molar-refractivity contribution is -0.143. The Morgan fingerprint density at radius 1 is 1.06 bits per heavy atom. The van der Waals surface area contributed by atoms with Crippen LogP contribution in [0.3, 0.4) is 0 Å². The zero-order valence-corrected chi connectivity index (χ0v) is 19.6. The van der Waals surface area contributed by atoms with Crippen LogP contribution in [0, 0.1) is 0 Å². The molecule has 1 amide bonds. The summed E-state index contributed by atoms with van der Waals surface area (Å²) >= 11 is 1.16. The van der Waals surface area contributed by atoms with Crippen molar-refractivity contribution >= 4 is 50.4 Å². The van der Waals surface area contributed by atoms with E-state index in [-0.39, 0.29) is 30.3 Å². The van der Waals surface area contributed by atoms with Gasteiger partial charge in [-0.05, 0) is 44.2 Å². The number of ether oxygens (including phenoxy) is 3. The molecule has 9 nitrogen and oxygen atoms in total. The van der Waals surface area contributed by atoms with Gasteiger partial charge in [-0.15, -0.1) is 0 Å². The number of hydrogen-bond acceptors (Lipinski definition) is 8. The number of carbonyl (C=O) groups is 3. The number of thiazole rings is 1. The Morgan fingerprint density at radius 2 is 1.85 bits per heavy atom. The van der Waals surface area contributed by atoms with Crippen LogP contribution in [0.1, 0.15) is 34.8 Å². The zero-order valence-electron chi connectivity index (χ0n) is 18.8. The minimum atomic E-state index is -0.618. The second kappa shape index (κ2) is 9.92. The molecular weight excluding hydrogens is 460 g/mol. The number of carbonyl (C=O) groups excluding carboxylic acids is 3. The molecule has 0 fully saturated rings. The first-order chi connectivity index (χ1) is 16.4. The number of hydrogen-bond donors (Lipinski definition) is 0. The van der Waals surface area contributed by atoms with Crippen LogP contribution in [0.4, 0.5) is 0 Å². The molecule has 2 heterocycles. The molecule has 2 aromatic carbocycles. The van der Waals surface area contributed by atoms with Crippen LogP contribution in [0.15, 0.2) is 51.9 Å². The fourth-order valence-corrected chi connectivity index (χ4v) is 4.50. The molecule has 34 heavy (non-hydrogen) atoms. The molecule has 0 radical (unpaired) electrons. The SMILES string of the molecule is CCOC(=O)Cn1c(=NC(=O)c2cc3cccc(OC)c3o2)sc2cc(C(=O)OCC)ccc21. The van der Waals surface area contributed by atoms with Crippen LogP contribution in [-0.4, -0.2) is 42.7 Å². The number of nitrogens with zero attached hydrogens (tertiary/aromatic N) is 2. The number of esters is 2. The van der Waals surface area contributed by atoms with Crippen LogP contribution >= 0.6 is 11.3 Å². The van der Waals surface area contributed by atoms with E-state index >= 15 is 0 Å². The largest absolute Gasteiger partial charge is 0.493 e. The molecule has 0 saturated heterocycles. The monoisotopic (exact) mass is 482 g/mol. The fourth-order valence-electron chi connectivity index (χ4n) is 3.43. The quantitative estimate of drug-likeness (QED) is 0.367. The Morgan fingerprint density at radius 3 is 2.59 bits per heavy atom. The van der Waals surface area contributed by atoms with Gasteiger partial charge in [0.2, 0.25) is 0 Å². The summed E-state index contributed by atoms with van der Waals surface area (Å²) in [6.45, 7) is 3.77. The number of furan rings is 1. The van der Waals surface area contributed by atoms with E-state index < -0.39 is 17.8 Å². The van der Waals surface area contributed by atoms with E-state index in [2.05, 4.69) is 4.99 Å². The third-order valence-electron chi connectivity index (χ3n) is 4.92. The van der Waals surface area contributed by atoms with E-state index in [1.807, 2.05) is 0 Å². The normalized spacial score (nSPS) is 11.7. The van der Waals surface area contributed by atoms with Crippen molar-refractivity contribution in [1.29, 1.82) is 0 Å². The molecule has 176 valence electrons. The minimum absolute atomic E-state index is 0.0341. The first-order valence-electron chi connectivity index (χ1n) is 10.6. The number of benzene rings is 2. The summed E-state index contributed by atoms with van der Waals surface area (Å²) in [5.41, 5.74) is 1.43. The fraction of sp³-hybridized carbons (Fsp3) is 0.250. The van der Waals surface area contributed by atoms with Crippen molar-refractivity contribution in [2.75, 3.05) is 20.3 Å². The predicted molar refractivity (Wildman–Crippen MR) is 125 cm³/mol. The number of methoxy groups -OCH3 is 1. The van der Waals surface area contributed by atoms with Gasteiger partial charge in [0.05, 0.1) is 36.1 Å². The first-order valence-corrected chi connectivity index (χ1v) is 11.4. The van der Waals surface area contributed by atoms with Gasteiger partial charge in [-0.25, -0.2) is 4.79 Å². The predicted octanol–water partition coefficient (Wildman–Crippen LogP) is 3.94. The Hall–Kier alpha value is -3.92. The molecule has 0 bridgehead atoms. The highest BCUT2D eigenvalue weighted by Crippen LogP contribution is 2.29. The van der Waals surface area contributed by atoms with Gasteiger partial charge in [-0.2, -0.15) is 4.99 Å². The Labute approximate surface area is 198 Å². The molecular formula is C24H22N2O7S. The van der Waals surface area contributed by atoms with E-state index in [4.69, 9.17) is 18.6 Å². The molecule has 4 aromatic rings. The minimum Gasteiger partial charge on any atom is -0.493 e. The van der Waals surface area contributed by atoms with Gasteiger partial charge in [0.15, 0.2) is 21.9 Å². The molecule has 0 spiro atoms. The van der Waals surface area contributed by atoms with Gasteiger partial charge < -0.3 is 23.2 Å². The molecule has 0 aliphatic rings. The van der Waals surface area contributed by atoms with Crippen molar-refractivity contribution < 1.29 is 33.0 Å². The van der Waals surface area contributed by atoms with Crippen LogP contribution in [-0.2, 0) is 20.8 Å². The standard InChI is InChI=1S/C24H22N2O7S/c1-4-31-20(27)13-26-16-10-9-15(23(29)32-5-2)12-19(16)34-24(26)25-22(28)18-11-14-7-6-8-17(30-3)21(14)33-18/h6-12H,4-5,13H2,1-3H3. The highest BCUT2D eigenvalue weighted by Gasteiger charge is 2.18. The van der Waals surface area contributed by atoms with Gasteiger partial charge in [0.25, 0.3) is 0 Å². The van der Waals surface area contributed by atoms with E-state index in [1.54, 1.807) is 60.9 Å². The van der Waals surface area contributed by atoms with Gasteiger partial charge in [0, 0.05) is 5.39 Å². The lowest BCUT2D eigenvalue weighted by Crippen LogP contribution is -2.23. The number of fused-ring (bicyclic) bond motifs is 2. The summed E-state index contributed by atoms with van der Waals surface area (Å²) in [5, 5.41) is 0.702. The molecule has 0 saturated carbocycles. The Balaban J connectivity index is 1.81. The van der Waals surface area contributed by atoms with Crippen molar-refractivity contribution in [1.82, 2.24) is 4.57 Å². The number of amides is 1. The molecule has 2 aromatic heterocycles. The third kappa shape index (κ3) is 4.58. The number of rotatable bonds is 7. The molecule has 10 heteroatoms. The van der Waals surface area contributed by atoms with Crippen LogP contribution < -0.4 is 9.54 Å². The molecule has 0 aliphatic heterocycles. The summed E-state index contributed by atoms with van der Waals surface area (Å²) < 4.78 is 23.4. The maximum atomic E-state index is 13.0. The van der Waals surface area contributed by atoms with Crippen molar-refractivity contribution in [2.45, 2.75) is 20.4 Å². The second-order valence-corrected chi connectivity index (χ2v) is 8.09. The van der Waals surface area contributed by atoms with Gasteiger partial charge in [0.1, 0.15) is 6.54 Å². The third-order valence-corrected chi connectivity index (χ3v) is 5.96. The van der Waals surface area contributed by atoms with Gasteiger partial charge in [-0.3, -0.25) is 9.59 Å². The highest BCUT2D eigenvalue weighted by atomic mass is 32.1. The summed E-state index contributed by atoms with van der Waals surface area (Å²) in [5.74, 6) is -1.01. The molecule has 0 atom stereocenters. The average Bonchev–Trinajstić information content (AvgIpc) is 3.40. The van der Waals surface area contributed by atoms with Gasteiger partial charge >= 0.3 is 17.8 Å². The summed E-state index contributed by atoms with van der Waals surface area (Å²) in [7, 11) is 1.52. The van der Waals surface area contributed by atoms with Crippen molar-refractivity contribution in [3.63, 3.8) is 0 Å². The van der Waals surface area contributed by atoms with Crippen molar-refractivity contribution in [3.05, 3.63) is 58.6 Å².